The van der Waals surface area contributed by atoms with Crippen LogP contribution in [0.4, 0.5) is 0 Å². The van der Waals surface area contributed by atoms with E-state index in [2.05, 4.69) is 4.98 Å². The van der Waals surface area contributed by atoms with Crippen molar-refractivity contribution in [3.8, 4) is 11.6 Å². The molecule has 0 atom stereocenters. The van der Waals surface area contributed by atoms with Gasteiger partial charge in [0.05, 0.1) is 7.11 Å². The molecular formula is C15H15NO4. The number of aromatic carboxylic acids is 1. The summed E-state index contributed by atoms with van der Waals surface area (Å²) in [4.78, 5) is 15.2. The Hall–Kier alpha value is -2.56. The van der Waals surface area contributed by atoms with Gasteiger partial charge < -0.3 is 14.6 Å². The van der Waals surface area contributed by atoms with Crippen molar-refractivity contribution in [3.05, 3.63) is 53.2 Å². The molecule has 0 aliphatic rings. The lowest BCUT2D eigenvalue weighted by atomic mass is 10.1. The fourth-order valence-corrected chi connectivity index (χ4v) is 1.78. The van der Waals surface area contributed by atoms with Crippen molar-refractivity contribution in [2.24, 2.45) is 0 Å². The second-order valence-electron chi connectivity index (χ2n) is 4.25. The van der Waals surface area contributed by atoms with Crippen molar-refractivity contribution in [2.75, 3.05) is 7.11 Å². The average Bonchev–Trinajstić information content (AvgIpc) is 2.45. The van der Waals surface area contributed by atoms with Gasteiger partial charge in [-0.25, -0.2) is 9.78 Å². The normalized spacial score (nSPS) is 10.1. The largest absolute Gasteiger partial charge is 0.497 e. The third-order valence-electron chi connectivity index (χ3n) is 2.87. The molecule has 0 saturated heterocycles. The molecule has 0 aliphatic carbocycles. The molecule has 0 aliphatic heterocycles. The Morgan fingerprint density at radius 1 is 1.25 bits per heavy atom. The lowest BCUT2D eigenvalue weighted by Gasteiger charge is -2.10. The molecule has 2 aromatic rings. The Balaban J connectivity index is 2.14. The summed E-state index contributed by atoms with van der Waals surface area (Å²) in [5.74, 6) is -0.151. The molecule has 104 valence electrons. The first-order valence-electron chi connectivity index (χ1n) is 6.06. The van der Waals surface area contributed by atoms with Gasteiger partial charge in [0, 0.05) is 6.20 Å². The predicted octanol–water partition coefficient (Wildman–Crippen LogP) is 2.68. The van der Waals surface area contributed by atoms with Gasteiger partial charge in [0.1, 0.15) is 17.9 Å². The number of methoxy groups -OCH3 is 1. The van der Waals surface area contributed by atoms with E-state index >= 15 is 0 Å². The second kappa shape index (κ2) is 6.06. The van der Waals surface area contributed by atoms with Crippen LogP contribution in [-0.2, 0) is 6.61 Å². The molecule has 1 heterocycles. The zero-order chi connectivity index (χ0) is 14.5. The monoisotopic (exact) mass is 273 g/mol. The van der Waals surface area contributed by atoms with E-state index in [9.17, 15) is 9.90 Å². The van der Waals surface area contributed by atoms with E-state index in [-0.39, 0.29) is 18.1 Å². The van der Waals surface area contributed by atoms with Crippen molar-refractivity contribution >= 4 is 5.97 Å². The van der Waals surface area contributed by atoms with Gasteiger partial charge in [-0.3, -0.25) is 0 Å². The van der Waals surface area contributed by atoms with E-state index in [0.717, 1.165) is 11.3 Å². The van der Waals surface area contributed by atoms with Crippen LogP contribution in [0.5, 0.6) is 11.6 Å². The molecule has 1 aromatic carbocycles. The minimum Gasteiger partial charge on any atom is -0.497 e. The van der Waals surface area contributed by atoms with Crippen molar-refractivity contribution < 1.29 is 19.4 Å². The standard InChI is InChI=1S/C15H15NO4/c1-10-7-8-16-14(13(10)15(17)18)20-9-11-3-5-12(19-2)6-4-11/h3-8H,9H2,1-2H3,(H,17,18). The van der Waals surface area contributed by atoms with Gasteiger partial charge in [0.2, 0.25) is 5.88 Å². The minimum atomic E-state index is -1.04. The van der Waals surface area contributed by atoms with Gasteiger partial charge in [-0.2, -0.15) is 0 Å². The van der Waals surface area contributed by atoms with Crippen LogP contribution in [0.25, 0.3) is 0 Å². The molecule has 0 saturated carbocycles. The molecule has 0 unspecified atom stereocenters. The van der Waals surface area contributed by atoms with E-state index in [1.165, 1.54) is 6.20 Å². The number of pyridine rings is 1. The van der Waals surface area contributed by atoms with E-state index in [0.29, 0.717) is 5.56 Å². The smallest absolute Gasteiger partial charge is 0.341 e. The highest BCUT2D eigenvalue weighted by Crippen LogP contribution is 2.20. The van der Waals surface area contributed by atoms with Crippen LogP contribution in [0.15, 0.2) is 36.5 Å². The molecule has 2 rings (SSSR count). The number of aromatic nitrogens is 1. The summed E-state index contributed by atoms with van der Waals surface area (Å²) in [5.41, 5.74) is 1.63. The van der Waals surface area contributed by atoms with Gasteiger partial charge in [0.15, 0.2) is 0 Å². The summed E-state index contributed by atoms with van der Waals surface area (Å²) < 4.78 is 10.6. The molecule has 0 amide bonds. The van der Waals surface area contributed by atoms with Gasteiger partial charge in [-0.1, -0.05) is 12.1 Å². The van der Waals surface area contributed by atoms with E-state index in [1.54, 1.807) is 20.1 Å². The molecule has 0 fully saturated rings. The van der Waals surface area contributed by atoms with Crippen molar-refractivity contribution in [2.45, 2.75) is 13.5 Å². The Morgan fingerprint density at radius 2 is 1.95 bits per heavy atom. The van der Waals surface area contributed by atoms with E-state index in [1.807, 2.05) is 24.3 Å². The lowest BCUT2D eigenvalue weighted by Crippen LogP contribution is -2.07. The highest BCUT2D eigenvalue weighted by atomic mass is 16.5. The Morgan fingerprint density at radius 3 is 2.55 bits per heavy atom. The van der Waals surface area contributed by atoms with E-state index < -0.39 is 5.97 Å². The predicted molar refractivity (Wildman–Crippen MR) is 73.3 cm³/mol. The molecule has 1 N–H and O–H groups in total. The summed E-state index contributed by atoms with van der Waals surface area (Å²) in [6.45, 7) is 1.96. The number of hydrogen-bond donors (Lipinski definition) is 1. The Bertz CT molecular complexity index is 608. The quantitative estimate of drug-likeness (QED) is 0.907. The topological polar surface area (TPSA) is 68.7 Å². The van der Waals surface area contributed by atoms with Crippen molar-refractivity contribution in [1.82, 2.24) is 4.98 Å². The fraction of sp³-hybridized carbons (Fsp3) is 0.200. The Kier molecular flexibility index (Phi) is 4.20. The number of carboxylic acids is 1. The first-order valence-corrected chi connectivity index (χ1v) is 6.06. The van der Waals surface area contributed by atoms with Crippen molar-refractivity contribution in [3.63, 3.8) is 0 Å². The maximum Gasteiger partial charge on any atom is 0.341 e. The summed E-state index contributed by atoms with van der Waals surface area (Å²) in [7, 11) is 1.60. The van der Waals surface area contributed by atoms with Crippen LogP contribution in [0.3, 0.4) is 0 Å². The summed E-state index contributed by atoms with van der Waals surface area (Å²) in [5, 5.41) is 9.18. The third-order valence-corrected chi connectivity index (χ3v) is 2.87. The zero-order valence-corrected chi connectivity index (χ0v) is 11.3. The molecule has 20 heavy (non-hydrogen) atoms. The Labute approximate surface area is 116 Å². The second-order valence-corrected chi connectivity index (χ2v) is 4.25. The van der Waals surface area contributed by atoms with Gasteiger partial charge in [0.25, 0.3) is 0 Å². The van der Waals surface area contributed by atoms with Gasteiger partial charge in [-0.05, 0) is 36.2 Å². The summed E-state index contributed by atoms with van der Waals surface area (Å²) in [6, 6.07) is 8.99. The molecule has 1 aromatic heterocycles. The zero-order valence-electron chi connectivity index (χ0n) is 11.3. The number of ether oxygens (including phenoxy) is 2. The van der Waals surface area contributed by atoms with Gasteiger partial charge in [-0.15, -0.1) is 0 Å². The number of nitrogens with zero attached hydrogens (tertiary/aromatic N) is 1. The molecule has 0 bridgehead atoms. The van der Waals surface area contributed by atoms with Crippen LogP contribution < -0.4 is 9.47 Å². The highest BCUT2D eigenvalue weighted by Gasteiger charge is 2.15. The number of carboxylic acid groups (broad SMARTS) is 1. The first kappa shape index (κ1) is 13.9. The summed E-state index contributed by atoms with van der Waals surface area (Å²) in [6.07, 6.45) is 1.53. The van der Waals surface area contributed by atoms with Gasteiger partial charge >= 0.3 is 5.97 Å². The van der Waals surface area contributed by atoms with Crippen LogP contribution >= 0.6 is 0 Å². The lowest BCUT2D eigenvalue weighted by molar-refractivity contribution is 0.0689. The SMILES string of the molecule is COc1ccc(COc2nccc(C)c2C(=O)O)cc1. The molecule has 5 nitrogen and oxygen atoms in total. The molecule has 5 heteroatoms. The van der Waals surface area contributed by atoms with Crippen LogP contribution in [0, 0.1) is 6.92 Å². The minimum absolute atomic E-state index is 0.0982. The fourth-order valence-electron chi connectivity index (χ4n) is 1.78. The van der Waals surface area contributed by atoms with Crippen LogP contribution in [0.1, 0.15) is 21.5 Å². The third kappa shape index (κ3) is 3.06. The first-order chi connectivity index (χ1) is 9.61. The van der Waals surface area contributed by atoms with Crippen LogP contribution in [0.2, 0.25) is 0 Å². The number of benzene rings is 1. The number of aryl methyl sites for hydroxylation is 1. The molecule has 0 radical (unpaired) electrons. The average molecular weight is 273 g/mol. The summed E-state index contributed by atoms with van der Waals surface area (Å²) >= 11 is 0. The molecule has 0 spiro atoms. The molecular weight excluding hydrogens is 258 g/mol. The maximum absolute atomic E-state index is 11.2. The number of hydrogen-bond acceptors (Lipinski definition) is 4. The van der Waals surface area contributed by atoms with Crippen molar-refractivity contribution in [1.29, 1.82) is 0 Å². The van der Waals surface area contributed by atoms with E-state index in [4.69, 9.17) is 9.47 Å². The maximum atomic E-state index is 11.2. The highest BCUT2D eigenvalue weighted by molar-refractivity contribution is 5.91. The van der Waals surface area contributed by atoms with Crippen LogP contribution in [-0.4, -0.2) is 23.2 Å². The number of carbonyl (C=O) groups is 1. The number of rotatable bonds is 5.